The standard InChI is InChI=1S/C33H32NO8P/c35-32(38-23-27-13-5-1-6-14-27)22-21-31(33(36)39-24-28-15-7-2-8-16-28)34-42-43(37,40-25-29-17-9-3-10-18-29)41-26-30-19-11-4-12-20-30/h1-20H,21-26H2/b34-31-. The van der Waals surface area contributed by atoms with Gasteiger partial charge in [-0.25, -0.2) is 9.36 Å². The van der Waals surface area contributed by atoms with Gasteiger partial charge in [-0.2, -0.15) is 0 Å². The molecule has 0 fully saturated rings. The molecular weight excluding hydrogens is 569 g/mol. The first-order chi connectivity index (χ1) is 21.0. The molecule has 4 aromatic carbocycles. The first-order valence-corrected chi connectivity index (χ1v) is 15.1. The lowest BCUT2D eigenvalue weighted by atomic mass is 10.2. The van der Waals surface area contributed by atoms with Gasteiger partial charge < -0.3 is 9.47 Å². The molecule has 0 atom stereocenters. The average molecular weight is 602 g/mol. The summed E-state index contributed by atoms with van der Waals surface area (Å²) in [6.45, 7) is -0.148. The van der Waals surface area contributed by atoms with E-state index in [-0.39, 0.29) is 45.0 Å². The number of hydrogen-bond acceptors (Lipinski definition) is 9. The Morgan fingerprint density at radius 2 is 0.930 bits per heavy atom. The van der Waals surface area contributed by atoms with Crippen LogP contribution in [0.4, 0.5) is 0 Å². The molecule has 0 radical (unpaired) electrons. The molecule has 4 rings (SSSR count). The Morgan fingerprint density at radius 3 is 1.37 bits per heavy atom. The number of phosphoric acid groups is 1. The maximum absolute atomic E-state index is 13.6. The predicted octanol–water partition coefficient (Wildman–Crippen LogP) is 7.17. The fourth-order valence-corrected chi connectivity index (χ4v) is 4.64. The van der Waals surface area contributed by atoms with E-state index >= 15 is 0 Å². The Morgan fingerprint density at radius 1 is 0.535 bits per heavy atom. The second-order valence-electron chi connectivity index (χ2n) is 9.29. The molecule has 0 aliphatic carbocycles. The third kappa shape index (κ3) is 11.3. The zero-order chi connectivity index (χ0) is 30.2. The minimum Gasteiger partial charge on any atom is -0.461 e. The summed E-state index contributed by atoms with van der Waals surface area (Å²) >= 11 is 0. The number of rotatable bonds is 16. The molecule has 0 amide bonds. The monoisotopic (exact) mass is 601 g/mol. The SMILES string of the molecule is O=C(CC/C(=N/OP(=O)(OCc1ccccc1)OCc1ccccc1)C(=O)OCc1ccccc1)OCc1ccccc1. The number of oxime groups is 1. The average Bonchev–Trinajstić information content (AvgIpc) is 3.06. The van der Waals surface area contributed by atoms with Crippen LogP contribution >= 0.6 is 7.82 Å². The van der Waals surface area contributed by atoms with Gasteiger partial charge in [-0.3, -0.25) is 18.5 Å². The largest absolute Gasteiger partial charge is 0.551 e. The third-order valence-corrected chi connectivity index (χ3v) is 7.14. The zero-order valence-corrected chi connectivity index (χ0v) is 24.3. The molecule has 9 nitrogen and oxygen atoms in total. The van der Waals surface area contributed by atoms with Crippen molar-refractivity contribution in [1.29, 1.82) is 0 Å². The van der Waals surface area contributed by atoms with Crippen LogP contribution < -0.4 is 0 Å². The quantitative estimate of drug-likeness (QED) is 0.0576. The van der Waals surface area contributed by atoms with Crippen molar-refractivity contribution in [2.24, 2.45) is 5.16 Å². The molecule has 0 saturated carbocycles. The highest BCUT2D eigenvalue weighted by atomic mass is 31.2. The normalized spacial score (nSPS) is 11.5. The number of phosphoric ester groups is 1. The van der Waals surface area contributed by atoms with Crippen molar-refractivity contribution in [3.63, 3.8) is 0 Å². The fraction of sp³-hybridized carbons (Fsp3) is 0.182. The lowest BCUT2D eigenvalue weighted by Gasteiger charge is -2.16. The number of ether oxygens (including phenoxy) is 2. The minimum atomic E-state index is -4.33. The molecule has 0 spiro atoms. The third-order valence-electron chi connectivity index (χ3n) is 5.97. The molecule has 0 aliphatic rings. The summed E-state index contributed by atoms with van der Waals surface area (Å²) in [6, 6.07) is 36.4. The highest BCUT2D eigenvalue weighted by Gasteiger charge is 2.30. The summed E-state index contributed by atoms with van der Waals surface area (Å²) in [5, 5.41) is 3.84. The fourth-order valence-electron chi connectivity index (χ4n) is 3.66. The van der Waals surface area contributed by atoms with Crippen LogP contribution in [0.15, 0.2) is 126 Å². The molecule has 0 unspecified atom stereocenters. The summed E-state index contributed by atoms with van der Waals surface area (Å²) in [5.41, 5.74) is 2.74. The Kier molecular flexibility index (Phi) is 12.2. The van der Waals surface area contributed by atoms with E-state index in [0.717, 1.165) is 22.3 Å². The summed E-state index contributed by atoms with van der Waals surface area (Å²) in [6.07, 6.45) is -0.395. The topological polar surface area (TPSA) is 110 Å². The van der Waals surface area contributed by atoms with E-state index in [9.17, 15) is 14.2 Å². The van der Waals surface area contributed by atoms with E-state index in [0.29, 0.717) is 0 Å². The van der Waals surface area contributed by atoms with E-state index in [1.165, 1.54) is 0 Å². The van der Waals surface area contributed by atoms with Gasteiger partial charge in [0.1, 0.15) is 13.2 Å². The van der Waals surface area contributed by atoms with Crippen LogP contribution in [-0.4, -0.2) is 17.7 Å². The number of carbonyl (C=O) groups is 2. The van der Waals surface area contributed by atoms with Gasteiger partial charge in [-0.15, -0.1) is 0 Å². The van der Waals surface area contributed by atoms with Crippen LogP contribution in [0.1, 0.15) is 35.1 Å². The molecule has 0 bridgehead atoms. The first-order valence-electron chi connectivity index (χ1n) is 13.6. The van der Waals surface area contributed by atoms with Crippen LogP contribution in [0.5, 0.6) is 0 Å². The van der Waals surface area contributed by atoms with Gasteiger partial charge in [-0.1, -0.05) is 126 Å². The van der Waals surface area contributed by atoms with Gasteiger partial charge >= 0.3 is 19.8 Å². The number of carbonyl (C=O) groups excluding carboxylic acids is 2. The van der Waals surface area contributed by atoms with E-state index in [4.69, 9.17) is 23.1 Å². The van der Waals surface area contributed by atoms with Gasteiger partial charge in [0.2, 0.25) is 0 Å². The molecule has 0 saturated heterocycles. The zero-order valence-electron chi connectivity index (χ0n) is 23.5. The van der Waals surface area contributed by atoms with Gasteiger partial charge in [-0.05, 0) is 22.3 Å². The van der Waals surface area contributed by atoms with Crippen LogP contribution in [0.25, 0.3) is 0 Å². The second-order valence-corrected chi connectivity index (χ2v) is 10.9. The molecule has 4 aromatic rings. The van der Waals surface area contributed by atoms with E-state index in [1.54, 1.807) is 36.4 Å². The first kappa shape index (κ1) is 31.4. The van der Waals surface area contributed by atoms with Gasteiger partial charge in [0.15, 0.2) is 5.71 Å². The Balaban J connectivity index is 1.46. The van der Waals surface area contributed by atoms with E-state index in [2.05, 4.69) is 5.16 Å². The molecule has 0 heterocycles. The van der Waals surface area contributed by atoms with E-state index in [1.807, 2.05) is 84.9 Å². The van der Waals surface area contributed by atoms with Crippen molar-refractivity contribution in [3.05, 3.63) is 144 Å². The summed E-state index contributed by atoms with van der Waals surface area (Å²) in [7, 11) is -4.33. The van der Waals surface area contributed by atoms with Crippen molar-refractivity contribution in [3.8, 4) is 0 Å². The van der Waals surface area contributed by atoms with Crippen molar-refractivity contribution >= 4 is 25.5 Å². The maximum Gasteiger partial charge on any atom is 0.551 e. The Labute approximate surface area is 250 Å². The van der Waals surface area contributed by atoms with E-state index < -0.39 is 19.8 Å². The maximum atomic E-state index is 13.6. The number of nitrogens with zero attached hydrogens (tertiary/aromatic N) is 1. The minimum absolute atomic E-state index is 0.0379. The van der Waals surface area contributed by atoms with Gasteiger partial charge in [0.05, 0.1) is 19.6 Å². The summed E-state index contributed by atoms with van der Waals surface area (Å²) < 4.78 is 40.8. The van der Waals surface area contributed by atoms with Crippen molar-refractivity contribution in [2.75, 3.05) is 0 Å². The van der Waals surface area contributed by atoms with Gasteiger partial charge in [0.25, 0.3) is 0 Å². The lowest BCUT2D eigenvalue weighted by molar-refractivity contribution is -0.144. The van der Waals surface area contributed by atoms with Crippen molar-refractivity contribution in [2.45, 2.75) is 39.3 Å². The molecule has 0 N–H and O–H groups in total. The van der Waals surface area contributed by atoms with Crippen LogP contribution in [0.2, 0.25) is 0 Å². The highest BCUT2D eigenvalue weighted by molar-refractivity contribution is 7.48. The highest BCUT2D eigenvalue weighted by Crippen LogP contribution is 2.51. The smallest absolute Gasteiger partial charge is 0.461 e. The number of hydrogen-bond donors (Lipinski definition) is 0. The summed E-state index contributed by atoms with van der Waals surface area (Å²) in [5.74, 6) is -1.41. The molecule has 43 heavy (non-hydrogen) atoms. The lowest BCUT2D eigenvalue weighted by Crippen LogP contribution is -2.20. The molecule has 0 aromatic heterocycles. The summed E-state index contributed by atoms with van der Waals surface area (Å²) in [4.78, 5) is 25.5. The molecule has 0 aliphatic heterocycles. The van der Waals surface area contributed by atoms with Crippen LogP contribution in [-0.2, 0) is 63.7 Å². The Bertz CT molecular complexity index is 1450. The predicted molar refractivity (Wildman–Crippen MR) is 160 cm³/mol. The molecule has 222 valence electrons. The molecule has 10 heteroatoms. The van der Waals surface area contributed by atoms with Crippen LogP contribution in [0.3, 0.4) is 0 Å². The number of esters is 2. The Hall–Kier alpha value is -4.56. The molecular formula is C33H32NO8P. The van der Waals surface area contributed by atoms with Gasteiger partial charge in [0, 0.05) is 6.42 Å². The second kappa shape index (κ2) is 16.8. The number of benzene rings is 4. The van der Waals surface area contributed by atoms with Crippen LogP contribution in [0, 0.1) is 0 Å². The van der Waals surface area contributed by atoms with Crippen molar-refractivity contribution < 1.29 is 37.3 Å². The van der Waals surface area contributed by atoms with Crippen molar-refractivity contribution in [1.82, 2.24) is 0 Å².